The van der Waals surface area contributed by atoms with Gasteiger partial charge in [0.15, 0.2) is 0 Å². The molecular formula is C10H15NO3. The van der Waals surface area contributed by atoms with Crippen LogP contribution >= 0.6 is 0 Å². The summed E-state index contributed by atoms with van der Waals surface area (Å²) in [5, 5.41) is 12.1. The summed E-state index contributed by atoms with van der Waals surface area (Å²) < 4.78 is 4.79. The topological polar surface area (TPSA) is 62.5 Å². The van der Waals surface area contributed by atoms with Gasteiger partial charge in [0, 0.05) is 0 Å². The molecule has 0 aliphatic carbocycles. The van der Waals surface area contributed by atoms with Crippen LogP contribution in [0.1, 0.15) is 31.1 Å². The van der Waals surface area contributed by atoms with Crippen molar-refractivity contribution in [2.45, 2.75) is 32.4 Å². The smallest absolute Gasteiger partial charge is 0.255 e. The van der Waals surface area contributed by atoms with Gasteiger partial charge in [0.1, 0.15) is 6.26 Å². The molecule has 0 spiro atoms. The minimum Gasteiger partial charge on any atom is -0.472 e. The summed E-state index contributed by atoms with van der Waals surface area (Å²) in [6.45, 7) is 5.15. The van der Waals surface area contributed by atoms with E-state index in [1.165, 1.54) is 12.5 Å². The second-order valence-electron chi connectivity index (χ2n) is 3.86. The van der Waals surface area contributed by atoms with E-state index in [2.05, 4.69) is 5.32 Å². The zero-order valence-electron chi connectivity index (χ0n) is 8.57. The highest BCUT2D eigenvalue weighted by atomic mass is 16.3. The van der Waals surface area contributed by atoms with E-state index in [-0.39, 0.29) is 5.91 Å². The number of carbonyl (C=O) groups excluding carboxylic acids is 1. The fourth-order valence-corrected chi connectivity index (χ4v) is 0.863. The number of furan rings is 1. The maximum absolute atomic E-state index is 11.5. The molecule has 1 aromatic rings. The van der Waals surface area contributed by atoms with Crippen LogP contribution in [0.2, 0.25) is 0 Å². The molecule has 2 N–H and O–H groups in total. The molecule has 4 heteroatoms. The van der Waals surface area contributed by atoms with Gasteiger partial charge in [0.2, 0.25) is 0 Å². The molecule has 0 aliphatic rings. The second-order valence-corrected chi connectivity index (χ2v) is 3.86. The first kappa shape index (κ1) is 10.8. The van der Waals surface area contributed by atoms with Crippen LogP contribution in [0.25, 0.3) is 0 Å². The maximum atomic E-state index is 11.5. The number of carbonyl (C=O) groups is 1. The molecular weight excluding hydrogens is 182 g/mol. The van der Waals surface area contributed by atoms with Gasteiger partial charge >= 0.3 is 0 Å². The van der Waals surface area contributed by atoms with Crippen molar-refractivity contribution in [3.8, 4) is 0 Å². The third-order valence-electron chi connectivity index (χ3n) is 2.26. The van der Waals surface area contributed by atoms with E-state index in [0.717, 1.165) is 0 Å². The highest BCUT2D eigenvalue weighted by Gasteiger charge is 2.26. The van der Waals surface area contributed by atoms with Crippen LogP contribution in [0, 0.1) is 0 Å². The monoisotopic (exact) mass is 197 g/mol. The molecule has 14 heavy (non-hydrogen) atoms. The molecule has 0 aliphatic heterocycles. The molecule has 0 saturated carbocycles. The first-order valence-electron chi connectivity index (χ1n) is 4.46. The van der Waals surface area contributed by atoms with E-state index in [9.17, 15) is 9.90 Å². The van der Waals surface area contributed by atoms with Crippen LogP contribution in [-0.4, -0.2) is 22.7 Å². The van der Waals surface area contributed by atoms with Crippen molar-refractivity contribution in [2.24, 2.45) is 0 Å². The maximum Gasteiger partial charge on any atom is 0.255 e. The Morgan fingerprint density at radius 3 is 2.71 bits per heavy atom. The quantitative estimate of drug-likeness (QED) is 0.764. The van der Waals surface area contributed by atoms with Crippen molar-refractivity contribution in [1.82, 2.24) is 5.32 Å². The minimum atomic E-state index is -0.644. The molecule has 0 saturated heterocycles. The largest absolute Gasteiger partial charge is 0.472 e. The second kappa shape index (κ2) is 3.84. The fourth-order valence-electron chi connectivity index (χ4n) is 0.863. The van der Waals surface area contributed by atoms with Crippen molar-refractivity contribution in [1.29, 1.82) is 0 Å². The van der Waals surface area contributed by atoms with Crippen LogP contribution in [0.15, 0.2) is 23.0 Å². The summed E-state index contributed by atoms with van der Waals surface area (Å²) in [5.41, 5.74) is -0.187. The number of aliphatic hydroxyl groups excluding tert-OH is 1. The van der Waals surface area contributed by atoms with Crippen LogP contribution in [0.3, 0.4) is 0 Å². The zero-order chi connectivity index (χ0) is 10.8. The van der Waals surface area contributed by atoms with E-state index in [4.69, 9.17) is 4.42 Å². The SMILES string of the molecule is CC(O)C(C)(C)NC(=O)c1ccoc1. The van der Waals surface area contributed by atoms with Gasteiger partial charge in [0.25, 0.3) is 5.91 Å². The van der Waals surface area contributed by atoms with Crippen molar-refractivity contribution < 1.29 is 14.3 Å². The van der Waals surface area contributed by atoms with E-state index in [1.54, 1.807) is 26.8 Å². The Kier molecular flexibility index (Phi) is 2.96. The van der Waals surface area contributed by atoms with Crippen molar-refractivity contribution in [2.75, 3.05) is 0 Å². The lowest BCUT2D eigenvalue weighted by Crippen LogP contribution is -2.50. The van der Waals surface area contributed by atoms with Crippen molar-refractivity contribution in [3.63, 3.8) is 0 Å². The standard InChI is InChI=1S/C10H15NO3/c1-7(12)10(2,3)11-9(13)8-4-5-14-6-8/h4-7,12H,1-3H3,(H,11,13). The molecule has 0 radical (unpaired) electrons. The van der Waals surface area contributed by atoms with Crippen LogP contribution < -0.4 is 5.32 Å². The molecule has 0 fully saturated rings. The lowest BCUT2D eigenvalue weighted by atomic mass is 9.98. The van der Waals surface area contributed by atoms with Gasteiger partial charge in [-0.3, -0.25) is 4.79 Å². The Balaban J connectivity index is 2.66. The molecule has 78 valence electrons. The highest BCUT2D eigenvalue weighted by molar-refractivity contribution is 5.94. The Morgan fingerprint density at radius 2 is 2.29 bits per heavy atom. The normalized spacial score (nSPS) is 13.7. The van der Waals surface area contributed by atoms with E-state index >= 15 is 0 Å². The van der Waals surface area contributed by atoms with Gasteiger partial charge in [-0.15, -0.1) is 0 Å². The number of amides is 1. The van der Waals surface area contributed by atoms with Gasteiger partial charge in [-0.25, -0.2) is 0 Å². The van der Waals surface area contributed by atoms with Gasteiger partial charge in [-0.2, -0.15) is 0 Å². The Hall–Kier alpha value is -1.29. The molecule has 1 rings (SSSR count). The highest BCUT2D eigenvalue weighted by Crippen LogP contribution is 2.10. The van der Waals surface area contributed by atoms with Crippen LogP contribution in [-0.2, 0) is 0 Å². The number of hydrogen-bond acceptors (Lipinski definition) is 3. The lowest BCUT2D eigenvalue weighted by molar-refractivity contribution is 0.0709. The third-order valence-corrected chi connectivity index (χ3v) is 2.26. The fraction of sp³-hybridized carbons (Fsp3) is 0.500. The van der Waals surface area contributed by atoms with Crippen LogP contribution in [0.4, 0.5) is 0 Å². The van der Waals surface area contributed by atoms with Crippen molar-refractivity contribution >= 4 is 5.91 Å². The summed E-state index contributed by atoms with van der Waals surface area (Å²) >= 11 is 0. The Labute approximate surface area is 82.9 Å². The number of hydrogen-bond donors (Lipinski definition) is 2. The first-order valence-corrected chi connectivity index (χ1v) is 4.46. The van der Waals surface area contributed by atoms with Crippen LogP contribution in [0.5, 0.6) is 0 Å². The number of aliphatic hydroxyl groups is 1. The van der Waals surface area contributed by atoms with Gasteiger partial charge in [-0.05, 0) is 26.8 Å². The average Bonchev–Trinajstić information content (AvgIpc) is 2.54. The summed E-state index contributed by atoms with van der Waals surface area (Å²) in [6.07, 6.45) is 2.19. The average molecular weight is 197 g/mol. The molecule has 0 aromatic carbocycles. The Morgan fingerprint density at radius 1 is 1.64 bits per heavy atom. The molecule has 4 nitrogen and oxygen atoms in total. The third kappa shape index (κ3) is 2.35. The molecule has 1 heterocycles. The summed E-state index contributed by atoms with van der Waals surface area (Å²) in [4.78, 5) is 11.5. The number of nitrogens with one attached hydrogen (secondary N) is 1. The minimum absolute atomic E-state index is 0.246. The molecule has 1 amide bonds. The lowest BCUT2D eigenvalue weighted by Gasteiger charge is -2.29. The molecule has 1 unspecified atom stereocenters. The summed E-state index contributed by atoms with van der Waals surface area (Å²) in [6, 6.07) is 1.58. The number of rotatable bonds is 3. The first-order chi connectivity index (χ1) is 6.43. The Bertz CT molecular complexity index is 301. The molecule has 0 bridgehead atoms. The molecule has 1 atom stereocenters. The van der Waals surface area contributed by atoms with Gasteiger partial charge in [0.05, 0.1) is 23.5 Å². The molecule has 1 aromatic heterocycles. The summed E-state index contributed by atoms with van der Waals surface area (Å²) in [5.74, 6) is -0.246. The zero-order valence-corrected chi connectivity index (χ0v) is 8.57. The van der Waals surface area contributed by atoms with E-state index < -0.39 is 11.6 Å². The van der Waals surface area contributed by atoms with Crippen molar-refractivity contribution in [3.05, 3.63) is 24.2 Å². The van der Waals surface area contributed by atoms with E-state index in [0.29, 0.717) is 5.56 Å². The predicted molar refractivity (Wildman–Crippen MR) is 51.9 cm³/mol. The van der Waals surface area contributed by atoms with Gasteiger partial charge in [-0.1, -0.05) is 0 Å². The van der Waals surface area contributed by atoms with Gasteiger partial charge < -0.3 is 14.8 Å². The predicted octanol–water partition coefficient (Wildman–Crippen LogP) is 1.17. The van der Waals surface area contributed by atoms with E-state index in [1.807, 2.05) is 0 Å². The summed E-state index contributed by atoms with van der Waals surface area (Å²) in [7, 11) is 0.